The van der Waals surface area contributed by atoms with Gasteiger partial charge in [-0.15, -0.1) is 10.2 Å². The smallest absolute Gasteiger partial charge is 0.475 e. The molecule has 2 aromatic rings. The van der Waals surface area contributed by atoms with E-state index < -0.39 is 12.1 Å². The third kappa shape index (κ3) is 10.5. The molecule has 2 aromatic heterocycles. The number of ether oxygens (including phenoxy) is 1. The molecule has 0 aliphatic rings. The zero-order valence-corrected chi connectivity index (χ0v) is 19.5. The molecule has 182 valence electrons. The van der Waals surface area contributed by atoms with Crippen LogP contribution in [-0.2, 0) is 20.6 Å². The second kappa shape index (κ2) is 11.7. The molecule has 0 aromatic carbocycles. The number of hydrogen-bond acceptors (Lipinski definition) is 7. The van der Waals surface area contributed by atoms with Gasteiger partial charge >= 0.3 is 12.1 Å². The molecule has 0 amide bonds. The van der Waals surface area contributed by atoms with Gasteiger partial charge in [-0.05, 0) is 55.4 Å². The first-order valence-corrected chi connectivity index (χ1v) is 9.65. The van der Waals surface area contributed by atoms with Crippen LogP contribution in [0.3, 0.4) is 0 Å². The van der Waals surface area contributed by atoms with Gasteiger partial charge in [0.2, 0.25) is 0 Å². The Morgan fingerprint density at radius 1 is 1.06 bits per heavy atom. The van der Waals surface area contributed by atoms with Gasteiger partial charge in [-0.3, -0.25) is 4.79 Å². The molecule has 0 saturated carbocycles. The Balaban J connectivity index is 0.000000478. The lowest BCUT2D eigenvalue weighted by Gasteiger charge is -2.17. The Hall–Kier alpha value is -2.83. The average Bonchev–Trinajstić information content (AvgIpc) is 3.31. The van der Waals surface area contributed by atoms with Gasteiger partial charge in [0, 0.05) is 6.61 Å². The summed E-state index contributed by atoms with van der Waals surface area (Å²) in [7, 11) is 0. The topological polar surface area (TPSA) is 125 Å². The van der Waals surface area contributed by atoms with Gasteiger partial charge < -0.3 is 9.84 Å². The summed E-state index contributed by atoms with van der Waals surface area (Å²) >= 11 is 0. The maximum Gasteiger partial charge on any atom is 0.490 e. The number of rotatable bonds is 4. The van der Waals surface area contributed by atoms with Crippen LogP contribution in [0.2, 0.25) is 0 Å². The maximum atomic E-state index is 10.6. The number of carboxylic acids is 1. The van der Waals surface area contributed by atoms with Crippen molar-refractivity contribution in [2.24, 2.45) is 0 Å². The molecule has 13 heteroatoms. The lowest BCUT2D eigenvalue weighted by molar-refractivity contribution is -0.192. The number of alkyl halides is 3. The van der Waals surface area contributed by atoms with Crippen molar-refractivity contribution < 1.29 is 32.6 Å². The molecule has 0 radical (unpaired) electrons. The molecule has 10 nitrogen and oxygen atoms in total. The van der Waals surface area contributed by atoms with Crippen LogP contribution in [0, 0.1) is 0 Å². The number of hydrogen-bond donors (Lipinski definition) is 1. The van der Waals surface area contributed by atoms with Gasteiger partial charge in [-0.25, -0.2) is 14.2 Å². The summed E-state index contributed by atoms with van der Waals surface area (Å²) in [6, 6.07) is 0. The second-order valence-corrected chi connectivity index (χ2v) is 8.54. The van der Waals surface area contributed by atoms with E-state index in [1.807, 2.05) is 45.5 Å². The fraction of sp³-hybridized carbons (Fsp3) is 0.684. The summed E-state index contributed by atoms with van der Waals surface area (Å²) in [6.07, 6.45) is -0.793. The molecule has 0 saturated heterocycles. The third-order valence-electron chi connectivity index (χ3n) is 3.59. The van der Waals surface area contributed by atoms with Gasteiger partial charge in [0.1, 0.15) is 17.5 Å². The van der Waals surface area contributed by atoms with E-state index in [-0.39, 0.29) is 17.2 Å². The second-order valence-electron chi connectivity index (χ2n) is 8.54. The lowest BCUT2D eigenvalue weighted by Crippen LogP contribution is -2.22. The zero-order chi connectivity index (χ0) is 25.3. The summed E-state index contributed by atoms with van der Waals surface area (Å²) in [4.78, 5) is 19.1. The number of aromatic nitrogens is 6. The van der Waals surface area contributed by atoms with Crippen molar-refractivity contribution in [1.29, 1.82) is 0 Å². The highest BCUT2D eigenvalue weighted by atomic mass is 19.4. The van der Waals surface area contributed by atoms with Gasteiger partial charge in [0.15, 0.2) is 6.29 Å². The molecule has 2 rings (SSSR count). The highest BCUT2D eigenvalue weighted by molar-refractivity contribution is 5.73. The number of halogens is 3. The lowest BCUT2D eigenvalue weighted by atomic mass is 10.1. The van der Waals surface area contributed by atoms with Crippen LogP contribution < -0.4 is 0 Å². The van der Waals surface area contributed by atoms with E-state index in [0.29, 0.717) is 18.6 Å². The normalized spacial score (nSPS) is 12.7. The van der Waals surface area contributed by atoms with Crippen molar-refractivity contribution in [3.05, 3.63) is 23.8 Å². The van der Waals surface area contributed by atoms with E-state index in [2.05, 4.69) is 41.4 Å². The Morgan fingerprint density at radius 3 is 1.78 bits per heavy atom. The van der Waals surface area contributed by atoms with Gasteiger partial charge in [0.25, 0.3) is 0 Å². The Kier molecular flexibility index (Phi) is 10.7. The summed E-state index contributed by atoms with van der Waals surface area (Å²) < 4.78 is 40.7. The van der Waals surface area contributed by atoms with E-state index in [9.17, 15) is 18.0 Å². The first-order valence-electron chi connectivity index (χ1n) is 9.65. The SMILES string of the molecule is CC(C)(C)n1cc(C=O)nn1.CCOC(C)c1cn(C(C)(C)C)nn1.O=C(O)C(F)(F)F. The monoisotopic (exact) mass is 464 g/mol. The molecule has 1 unspecified atom stereocenters. The average molecular weight is 464 g/mol. The van der Waals surface area contributed by atoms with Crippen molar-refractivity contribution in [3.8, 4) is 0 Å². The Bertz CT molecular complexity index is 850. The fourth-order valence-corrected chi connectivity index (χ4v) is 1.78. The number of aliphatic carboxylic acids is 1. The molecular weight excluding hydrogens is 433 g/mol. The summed E-state index contributed by atoms with van der Waals surface area (Å²) in [5.74, 6) is -2.76. The van der Waals surface area contributed by atoms with Crippen molar-refractivity contribution >= 4 is 12.3 Å². The Morgan fingerprint density at radius 2 is 1.50 bits per heavy atom. The van der Waals surface area contributed by atoms with Crippen LogP contribution in [0.1, 0.15) is 77.7 Å². The summed E-state index contributed by atoms with van der Waals surface area (Å²) in [6.45, 7) is 16.9. The predicted molar refractivity (Wildman–Crippen MR) is 109 cm³/mol. The van der Waals surface area contributed by atoms with Gasteiger partial charge in [-0.1, -0.05) is 10.4 Å². The van der Waals surface area contributed by atoms with Crippen LogP contribution in [0.15, 0.2) is 12.4 Å². The Labute approximate surface area is 184 Å². The minimum absolute atomic E-state index is 0.0167. The highest BCUT2D eigenvalue weighted by Gasteiger charge is 2.38. The van der Waals surface area contributed by atoms with Crippen molar-refractivity contribution in [3.63, 3.8) is 0 Å². The van der Waals surface area contributed by atoms with E-state index in [4.69, 9.17) is 14.6 Å². The van der Waals surface area contributed by atoms with E-state index in [0.717, 1.165) is 5.69 Å². The van der Waals surface area contributed by atoms with Crippen molar-refractivity contribution in [1.82, 2.24) is 30.0 Å². The summed E-state index contributed by atoms with van der Waals surface area (Å²) in [5.41, 5.74) is 1.15. The van der Waals surface area contributed by atoms with E-state index in [1.165, 1.54) is 0 Å². The van der Waals surface area contributed by atoms with Crippen LogP contribution in [0.4, 0.5) is 13.2 Å². The zero-order valence-electron chi connectivity index (χ0n) is 19.5. The third-order valence-corrected chi connectivity index (χ3v) is 3.59. The van der Waals surface area contributed by atoms with Crippen LogP contribution >= 0.6 is 0 Å². The van der Waals surface area contributed by atoms with Gasteiger partial charge in [0.05, 0.1) is 23.5 Å². The molecule has 0 fully saturated rings. The largest absolute Gasteiger partial charge is 0.490 e. The summed E-state index contributed by atoms with van der Waals surface area (Å²) in [5, 5.41) is 22.7. The highest BCUT2D eigenvalue weighted by Crippen LogP contribution is 2.17. The quantitative estimate of drug-likeness (QED) is 0.681. The van der Waals surface area contributed by atoms with E-state index in [1.54, 1.807) is 10.9 Å². The fourth-order valence-electron chi connectivity index (χ4n) is 1.78. The minimum Gasteiger partial charge on any atom is -0.475 e. The molecular formula is C19H31F3N6O4. The molecule has 0 bridgehead atoms. The number of carboxylic acid groups (broad SMARTS) is 1. The van der Waals surface area contributed by atoms with Crippen LogP contribution in [0.5, 0.6) is 0 Å². The molecule has 32 heavy (non-hydrogen) atoms. The maximum absolute atomic E-state index is 10.6. The first-order chi connectivity index (χ1) is 14.4. The number of aldehydes is 1. The molecule has 0 spiro atoms. The molecule has 0 aliphatic heterocycles. The van der Waals surface area contributed by atoms with Crippen molar-refractivity contribution in [2.75, 3.05) is 6.61 Å². The molecule has 2 heterocycles. The molecule has 1 atom stereocenters. The number of carbonyl (C=O) groups excluding carboxylic acids is 1. The standard InChI is InChI=1S/C10H19N3O.C7H11N3O.C2HF3O2/c1-6-14-8(2)9-7-13(12-11-9)10(3,4)5;1-7(2,3)10-4-6(5-11)8-9-10;3-2(4,5)1(6)7/h7-8H,6H2,1-5H3;4-5H,1-3H3;(H,6,7). The predicted octanol–water partition coefficient (Wildman–Crippen LogP) is 3.61. The molecule has 1 N–H and O–H groups in total. The minimum atomic E-state index is -5.08. The van der Waals surface area contributed by atoms with Crippen LogP contribution in [-0.4, -0.2) is 60.1 Å². The van der Waals surface area contributed by atoms with Gasteiger partial charge in [-0.2, -0.15) is 13.2 Å². The first kappa shape index (κ1) is 29.2. The number of nitrogens with zero attached hydrogens (tertiary/aromatic N) is 6. The van der Waals surface area contributed by atoms with Crippen LogP contribution in [0.25, 0.3) is 0 Å². The van der Waals surface area contributed by atoms with E-state index >= 15 is 0 Å². The number of carbonyl (C=O) groups is 2. The van der Waals surface area contributed by atoms with Crippen molar-refractivity contribution in [2.45, 2.75) is 78.7 Å². The molecule has 0 aliphatic carbocycles.